The third-order valence-corrected chi connectivity index (χ3v) is 4.56. The number of hydrogen-bond acceptors (Lipinski definition) is 4. The lowest BCUT2D eigenvalue weighted by Crippen LogP contribution is -2.29. The summed E-state index contributed by atoms with van der Waals surface area (Å²) in [5.41, 5.74) is 2.07. The first-order valence-electron chi connectivity index (χ1n) is 9.20. The second kappa shape index (κ2) is 7.59. The van der Waals surface area contributed by atoms with Gasteiger partial charge in [0.05, 0.1) is 23.4 Å². The molecule has 4 rings (SSSR count). The number of nitrogens with zero attached hydrogens (tertiary/aromatic N) is 1. The number of nitrogens with one attached hydrogen (secondary N) is 1. The molecule has 0 aromatic heterocycles. The van der Waals surface area contributed by atoms with Crippen molar-refractivity contribution in [2.45, 2.75) is 6.92 Å². The highest BCUT2D eigenvalue weighted by Gasteiger charge is 2.36. The molecule has 0 aliphatic carbocycles. The third-order valence-electron chi connectivity index (χ3n) is 4.56. The Labute approximate surface area is 167 Å². The smallest absolute Gasteiger partial charge is 0.266 e. The lowest BCUT2D eigenvalue weighted by molar-refractivity contribution is 0.0925. The number of anilines is 2. The average Bonchev–Trinajstić information content (AvgIpc) is 2.99. The first-order chi connectivity index (χ1) is 14.1. The zero-order valence-electron chi connectivity index (χ0n) is 15.7. The molecule has 0 fully saturated rings. The van der Waals surface area contributed by atoms with Gasteiger partial charge in [-0.1, -0.05) is 24.3 Å². The minimum Gasteiger partial charge on any atom is -0.494 e. The SMILES string of the molecule is CCOc1cccc(C(=O)Nc2cccc(N3C(=O)c4ccccc4C3=O)c2)c1. The fraction of sp³-hybridized carbons (Fsp3) is 0.0870. The molecule has 1 N–H and O–H groups in total. The molecule has 6 nitrogen and oxygen atoms in total. The fourth-order valence-corrected chi connectivity index (χ4v) is 3.24. The molecule has 0 saturated heterocycles. The summed E-state index contributed by atoms with van der Waals surface area (Å²) in [4.78, 5) is 39.0. The van der Waals surface area contributed by atoms with Crippen molar-refractivity contribution in [3.05, 3.63) is 89.5 Å². The van der Waals surface area contributed by atoms with E-state index in [0.29, 0.717) is 40.4 Å². The number of imide groups is 1. The highest BCUT2D eigenvalue weighted by molar-refractivity contribution is 6.34. The van der Waals surface area contributed by atoms with Crippen molar-refractivity contribution >= 4 is 29.1 Å². The van der Waals surface area contributed by atoms with Gasteiger partial charge in [-0.2, -0.15) is 0 Å². The summed E-state index contributed by atoms with van der Waals surface area (Å²) in [6, 6.07) is 20.2. The van der Waals surface area contributed by atoms with Crippen LogP contribution in [0.5, 0.6) is 5.75 Å². The van der Waals surface area contributed by atoms with E-state index in [4.69, 9.17) is 4.74 Å². The minimum atomic E-state index is -0.376. The zero-order valence-corrected chi connectivity index (χ0v) is 15.7. The van der Waals surface area contributed by atoms with Crippen LogP contribution in [0.3, 0.4) is 0 Å². The predicted octanol–water partition coefficient (Wildman–Crippen LogP) is 4.14. The number of ether oxygens (including phenoxy) is 1. The van der Waals surface area contributed by atoms with Crippen LogP contribution in [-0.4, -0.2) is 24.3 Å². The number of amides is 3. The molecule has 3 amide bonds. The molecule has 3 aromatic carbocycles. The van der Waals surface area contributed by atoms with Crippen LogP contribution in [0.25, 0.3) is 0 Å². The molecule has 29 heavy (non-hydrogen) atoms. The summed E-state index contributed by atoms with van der Waals surface area (Å²) < 4.78 is 5.43. The van der Waals surface area contributed by atoms with E-state index in [1.807, 2.05) is 6.92 Å². The van der Waals surface area contributed by atoms with Gasteiger partial charge in [-0.25, -0.2) is 4.90 Å². The third kappa shape index (κ3) is 3.48. The molecule has 0 unspecified atom stereocenters. The van der Waals surface area contributed by atoms with Gasteiger partial charge in [-0.15, -0.1) is 0 Å². The van der Waals surface area contributed by atoms with Gasteiger partial charge in [0.15, 0.2) is 0 Å². The Hall–Kier alpha value is -3.93. The lowest BCUT2D eigenvalue weighted by atomic mass is 10.1. The Balaban J connectivity index is 1.57. The van der Waals surface area contributed by atoms with Crippen molar-refractivity contribution < 1.29 is 19.1 Å². The Bertz CT molecular complexity index is 1090. The van der Waals surface area contributed by atoms with E-state index >= 15 is 0 Å². The topological polar surface area (TPSA) is 75.7 Å². The summed E-state index contributed by atoms with van der Waals surface area (Å²) in [7, 11) is 0. The molecule has 144 valence electrons. The lowest BCUT2D eigenvalue weighted by Gasteiger charge is -2.15. The first-order valence-corrected chi connectivity index (χ1v) is 9.20. The van der Waals surface area contributed by atoms with Crippen LogP contribution in [0.15, 0.2) is 72.8 Å². The van der Waals surface area contributed by atoms with Crippen LogP contribution in [0.1, 0.15) is 38.0 Å². The van der Waals surface area contributed by atoms with Crippen molar-refractivity contribution in [2.75, 3.05) is 16.8 Å². The maximum Gasteiger partial charge on any atom is 0.266 e. The maximum atomic E-state index is 12.7. The van der Waals surface area contributed by atoms with Gasteiger partial charge in [-0.3, -0.25) is 14.4 Å². The Morgan fingerprint density at radius 3 is 2.28 bits per heavy atom. The van der Waals surface area contributed by atoms with E-state index in [2.05, 4.69) is 5.32 Å². The highest BCUT2D eigenvalue weighted by atomic mass is 16.5. The van der Waals surface area contributed by atoms with E-state index in [-0.39, 0.29) is 17.7 Å². The monoisotopic (exact) mass is 386 g/mol. The van der Waals surface area contributed by atoms with Crippen molar-refractivity contribution in [2.24, 2.45) is 0 Å². The van der Waals surface area contributed by atoms with Crippen molar-refractivity contribution in [3.63, 3.8) is 0 Å². The molecule has 0 radical (unpaired) electrons. The van der Waals surface area contributed by atoms with Gasteiger partial charge >= 0.3 is 0 Å². The largest absolute Gasteiger partial charge is 0.494 e. The summed E-state index contributed by atoms with van der Waals surface area (Å²) in [6.07, 6.45) is 0. The number of carbonyl (C=O) groups excluding carboxylic acids is 3. The zero-order chi connectivity index (χ0) is 20.4. The summed E-state index contributed by atoms with van der Waals surface area (Å²) >= 11 is 0. The van der Waals surface area contributed by atoms with Crippen LogP contribution in [0, 0.1) is 0 Å². The standard InChI is InChI=1S/C23H18N2O4/c1-2-29-18-10-5-7-15(13-18)21(26)24-16-8-6-9-17(14-16)25-22(27)19-11-3-4-12-20(19)23(25)28/h3-14H,2H2,1H3,(H,24,26). The molecule has 0 atom stereocenters. The minimum absolute atomic E-state index is 0.314. The van der Waals surface area contributed by atoms with Gasteiger partial charge in [-0.05, 0) is 55.5 Å². The van der Waals surface area contributed by atoms with Gasteiger partial charge < -0.3 is 10.1 Å². The molecule has 1 aliphatic rings. The van der Waals surface area contributed by atoms with Gasteiger partial charge in [0.2, 0.25) is 0 Å². The van der Waals surface area contributed by atoms with E-state index in [1.165, 1.54) is 0 Å². The van der Waals surface area contributed by atoms with Gasteiger partial charge in [0.25, 0.3) is 17.7 Å². The summed E-state index contributed by atoms with van der Waals surface area (Å²) in [6.45, 7) is 2.38. The van der Waals surface area contributed by atoms with E-state index in [1.54, 1.807) is 72.8 Å². The maximum absolute atomic E-state index is 12.7. The van der Waals surface area contributed by atoms with Crippen LogP contribution in [0.4, 0.5) is 11.4 Å². The van der Waals surface area contributed by atoms with E-state index in [9.17, 15) is 14.4 Å². The molecular weight excluding hydrogens is 368 g/mol. The Morgan fingerprint density at radius 1 is 0.897 bits per heavy atom. The number of benzene rings is 3. The van der Waals surface area contributed by atoms with Crippen molar-refractivity contribution in [1.82, 2.24) is 0 Å². The van der Waals surface area contributed by atoms with Gasteiger partial charge in [0.1, 0.15) is 5.75 Å². The van der Waals surface area contributed by atoms with Gasteiger partial charge in [0, 0.05) is 11.3 Å². The molecule has 6 heteroatoms. The molecule has 1 aliphatic heterocycles. The number of carbonyl (C=O) groups is 3. The molecule has 3 aromatic rings. The predicted molar refractivity (Wildman–Crippen MR) is 110 cm³/mol. The van der Waals surface area contributed by atoms with Crippen LogP contribution in [0.2, 0.25) is 0 Å². The molecule has 0 saturated carbocycles. The number of hydrogen-bond donors (Lipinski definition) is 1. The fourth-order valence-electron chi connectivity index (χ4n) is 3.24. The van der Waals surface area contributed by atoms with E-state index < -0.39 is 0 Å². The normalized spacial score (nSPS) is 12.7. The molecule has 0 spiro atoms. The summed E-state index contributed by atoms with van der Waals surface area (Å²) in [5, 5.41) is 2.80. The molecule has 1 heterocycles. The second-order valence-electron chi connectivity index (χ2n) is 6.46. The van der Waals surface area contributed by atoms with Crippen molar-refractivity contribution in [1.29, 1.82) is 0 Å². The first kappa shape index (κ1) is 18.4. The Morgan fingerprint density at radius 2 is 1.59 bits per heavy atom. The average molecular weight is 386 g/mol. The van der Waals surface area contributed by atoms with Crippen molar-refractivity contribution in [3.8, 4) is 5.75 Å². The molecular formula is C23H18N2O4. The number of rotatable bonds is 5. The summed E-state index contributed by atoms with van der Waals surface area (Å²) in [5.74, 6) is -0.456. The Kier molecular flexibility index (Phi) is 4.83. The quantitative estimate of drug-likeness (QED) is 0.669. The van der Waals surface area contributed by atoms with Crippen LogP contribution in [-0.2, 0) is 0 Å². The van der Waals surface area contributed by atoms with E-state index in [0.717, 1.165) is 4.90 Å². The molecule has 0 bridgehead atoms. The van der Waals surface area contributed by atoms with Crippen LogP contribution >= 0.6 is 0 Å². The highest BCUT2D eigenvalue weighted by Crippen LogP contribution is 2.30. The van der Waals surface area contributed by atoms with Crippen LogP contribution < -0.4 is 15.0 Å². The second-order valence-corrected chi connectivity index (χ2v) is 6.46. The number of fused-ring (bicyclic) bond motifs is 1.